The molecule has 1 aliphatic rings. The van der Waals surface area contributed by atoms with Gasteiger partial charge in [-0.3, -0.25) is 0 Å². The van der Waals surface area contributed by atoms with Crippen LogP contribution in [0.2, 0.25) is 0 Å². The van der Waals surface area contributed by atoms with Crippen molar-refractivity contribution < 1.29 is 14.6 Å². The predicted octanol–water partition coefficient (Wildman–Crippen LogP) is 0.897. The molecule has 0 aliphatic carbocycles. The van der Waals surface area contributed by atoms with Crippen LogP contribution in [0.5, 0.6) is 0 Å². The fraction of sp³-hybridized carbons (Fsp3) is 0.889. The lowest BCUT2D eigenvalue weighted by molar-refractivity contribution is -0.150. The molecule has 4 nitrogen and oxygen atoms in total. The summed E-state index contributed by atoms with van der Waals surface area (Å²) >= 11 is 0. The number of carbonyl (C=O) groups is 1. The summed E-state index contributed by atoms with van der Waals surface area (Å²) in [5.41, 5.74) is 0. The second kappa shape index (κ2) is 7.04. The summed E-state index contributed by atoms with van der Waals surface area (Å²) in [5.74, 6) is -0.350. The van der Waals surface area contributed by atoms with Gasteiger partial charge in [0.1, 0.15) is 0 Å². The average Bonchev–Trinajstić information content (AvgIpc) is 2.15. The van der Waals surface area contributed by atoms with E-state index in [9.17, 15) is 4.79 Å². The summed E-state index contributed by atoms with van der Waals surface area (Å²) < 4.78 is 5.22. The maximum Gasteiger partial charge on any atom is 0.332 e. The first-order valence-electron chi connectivity index (χ1n) is 4.75. The lowest BCUT2D eigenvalue weighted by Crippen LogP contribution is -2.32. The molecular weight excluding hydrogens is 206 g/mol. The van der Waals surface area contributed by atoms with Crippen molar-refractivity contribution in [1.82, 2.24) is 5.32 Å². The van der Waals surface area contributed by atoms with Crippen LogP contribution in [0.15, 0.2) is 0 Å². The van der Waals surface area contributed by atoms with Gasteiger partial charge in [0.05, 0.1) is 6.61 Å². The summed E-state index contributed by atoms with van der Waals surface area (Å²) in [6, 6.07) is 0. The number of carboxylic acids is 1. The van der Waals surface area contributed by atoms with E-state index in [4.69, 9.17) is 9.84 Å². The lowest BCUT2D eigenvalue weighted by atomic mass is 9.99. The van der Waals surface area contributed by atoms with E-state index in [1.54, 1.807) is 6.92 Å². The monoisotopic (exact) mass is 223 g/mol. The molecule has 2 N–H and O–H groups in total. The van der Waals surface area contributed by atoms with E-state index >= 15 is 0 Å². The van der Waals surface area contributed by atoms with Gasteiger partial charge in [0, 0.05) is 0 Å². The molecule has 0 aromatic carbocycles. The highest BCUT2D eigenvalue weighted by Gasteiger charge is 2.17. The number of aliphatic carboxylic acids is 1. The Morgan fingerprint density at radius 1 is 1.57 bits per heavy atom. The summed E-state index contributed by atoms with van der Waals surface area (Å²) in [6.07, 6.45) is 1.51. The van der Waals surface area contributed by atoms with Crippen molar-refractivity contribution in [3.63, 3.8) is 0 Å². The van der Waals surface area contributed by atoms with Crippen LogP contribution >= 0.6 is 12.4 Å². The van der Waals surface area contributed by atoms with Crippen molar-refractivity contribution in [2.75, 3.05) is 19.7 Å². The zero-order chi connectivity index (χ0) is 9.68. The first-order valence-corrected chi connectivity index (χ1v) is 4.75. The Kier molecular flexibility index (Phi) is 6.87. The molecule has 0 radical (unpaired) electrons. The molecule has 1 aliphatic heterocycles. The molecule has 1 saturated heterocycles. The number of carboxylic acid groups (broad SMARTS) is 1. The van der Waals surface area contributed by atoms with Crippen molar-refractivity contribution >= 4 is 18.4 Å². The van der Waals surface area contributed by atoms with Crippen molar-refractivity contribution in [2.24, 2.45) is 5.92 Å². The Morgan fingerprint density at radius 3 is 2.64 bits per heavy atom. The Morgan fingerprint density at radius 2 is 2.14 bits per heavy atom. The van der Waals surface area contributed by atoms with Gasteiger partial charge in [0.2, 0.25) is 0 Å². The molecule has 1 unspecified atom stereocenters. The van der Waals surface area contributed by atoms with Gasteiger partial charge in [-0.25, -0.2) is 4.79 Å². The third-order valence-corrected chi connectivity index (χ3v) is 2.39. The molecule has 84 valence electrons. The third-order valence-electron chi connectivity index (χ3n) is 2.39. The van der Waals surface area contributed by atoms with Crippen LogP contribution in [-0.4, -0.2) is 36.9 Å². The molecule has 0 spiro atoms. The first kappa shape index (κ1) is 13.7. The molecule has 5 heteroatoms. The molecular formula is C9H18ClNO3. The van der Waals surface area contributed by atoms with Crippen molar-refractivity contribution in [2.45, 2.75) is 25.9 Å². The van der Waals surface area contributed by atoms with Gasteiger partial charge in [0.15, 0.2) is 6.10 Å². The van der Waals surface area contributed by atoms with E-state index in [1.807, 2.05) is 0 Å². The Bertz CT molecular complexity index is 171. The predicted molar refractivity (Wildman–Crippen MR) is 55.9 cm³/mol. The smallest absolute Gasteiger partial charge is 0.332 e. The van der Waals surface area contributed by atoms with E-state index in [2.05, 4.69) is 5.32 Å². The summed E-state index contributed by atoms with van der Waals surface area (Å²) in [4.78, 5) is 10.4. The molecule has 1 rings (SSSR count). The standard InChI is InChI=1S/C9H17NO3.ClH/c1-7(9(11)12)13-6-8-2-4-10-5-3-8;/h7-8,10H,2-6H2,1H3,(H,11,12);1H. The number of hydrogen-bond donors (Lipinski definition) is 2. The second-order valence-corrected chi connectivity index (χ2v) is 3.51. The highest BCUT2D eigenvalue weighted by Crippen LogP contribution is 2.12. The van der Waals surface area contributed by atoms with E-state index in [1.165, 1.54) is 0 Å². The largest absolute Gasteiger partial charge is 0.479 e. The molecule has 0 bridgehead atoms. The van der Waals surface area contributed by atoms with E-state index < -0.39 is 12.1 Å². The lowest BCUT2D eigenvalue weighted by Gasteiger charge is -2.23. The van der Waals surface area contributed by atoms with Crippen LogP contribution < -0.4 is 5.32 Å². The number of piperidine rings is 1. The molecule has 1 fully saturated rings. The number of ether oxygens (including phenoxy) is 1. The molecule has 0 aromatic rings. The average molecular weight is 224 g/mol. The van der Waals surface area contributed by atoms with Crippen LogP contribution in [0.4, 0.5) is 0 Å². The van der Waals surface area contributed by atoms with Crippen LogP contribution in [0.25, 0.3) is 0 Å². The highest BCUT2D eigenvalue weighted by atomic mass is 35.5. The van der Waals surface area contributed by atoms with Gasteiger partial charge >= 0.3 is 5.97 Å². The van der Waals surface area contributed by atoms with E-state index in [-0.39, 0.29) is 12.4 Å². The summed E-state index contributed by atoms with van der Waals surface area (Å²) in [6.45, 7) is 4.20. The van der Waals surface area contributed by atoms with Crippen LogP contribution in [-0.2, 0) is 9.53 Å². The van der Waals surface area contributed by atoms with E-state index in [0.29, 0.717) is 12.5 Å². The molecule has 0 aromatic heterocycles. The number of rotatable bonds is 4. The van der Waals surface area contributed by atoms with Gasteiger partial charge < -0.3 is 15.2 Å². The van der Waals surface area contributed by atoms with Gasteiger partial charge in [-0.1, -0.05) is 0 Å². The number of nitrogens with one attached hydrogen (secondary N) is 1. The number of halogens is 1. The van der Waals surface area contributed by atoms with Crippen LogP contribution in [0.1, 0.15) is 19.8 Å². The SMILES string of the molecule is CC(OCC1CCNCC1)C(=O)O.Cl. The molecule has 0 amide bonds. The summed E-state index contributed by atoms with van der Waals surface area (Å²) in [5, 5.41) is 11.8. The zero-order valence-corrected chi connectivity index (χ0v) is 9.18. The fourth-order valence-electron chi connectivity index (χ4n) is 1.40. The molecule has 1 atom stereocenters. The highest BCUT2D eigenvalue weighted by molar-refractivity contribution is 5.85. The van der Waals surface area contributed by atoms with Crippen LogP contribution in [0, 0.1) is 5.92 Å². The Hall–Kier alpha value is -0.320. The zero-order valence-electron chi connectivity index (χ0n) is 8.36. The van der Waals surface area contributed by atoms with Gasteiger partial charge in [-0.2, -0.15) is 0 Å². The van der Waals surface area contributed by atoms with E-state index in [0.717, 1.165) is 25.9 Å². The maximum absolute atomic E-state index is 10.4. The maximum atomic E-state index is 10.4. The number of hydrogen-bond acceptors (Lipinski definition) is 3. The first-order chi connectivity index (χ1) is 6.20. The topological polar surface area (TPSA) is 58.6 Å². The van der Waals surface area contributed by atoms with Crippen molar-refractivity contribution in [3.8, 4) is 0 Å². The Labute approximate surface area is 90.4 Å². The van der Waals surface area contributed by atoms with Crippen LogP contribution in [0.3, 0.4) is 0 Å². The van der Waals surface area contributed by atoms with Crippen molar-refractivity contribution in [1.29, 1.82) is 0 Å². The third kappa shape index (κ3) is 4.79. The van der Waals surface area contributed by atoms with Crippen molar-refractivity contribution in [3.05, 3.63) is 0 Å². The van der Waals surface area contributed by atoms with Gasteiger partial charge in [0.25, 0.3) is 0 Å². The minimum absolute atomic E-state index is 0. The minimum Gasteiger partial charge on any atom is -0.479 e. The molecule has 1 heterocycles. The molecule has 0 saturated carbocycles. The van der Waals surface area contributed by atoms with Gasteiger partial charge in [-0.15, -0.1) is 12.4 Å². The van der Waals surface area contributed by atoms with Gasteiger partial charge in [-0.05, 0) is 38.8 Å². The Balaban J connectivity index is 0.00000169. The molecule has 14 heavy (non-hydrogen) atoms. The quantitative estimate of drug-likeness (QED) is 0.744. The fourth-order valence-corrected chi connectivity index (χ4v) is 1.40. The second-order valence-electron chi connectivity index (χ2n) is 3.51. The minimum atomic E-state index is -0.881. The summed E-state index contributed by atoms with van der Waals surface area (Å²) in [7, 11) is 0. The normalized spacial score (nSPS) is 19.8.